The van der Waals surface area contributed by atoms with Crippen LogP contribution in [0.3, 0.4) is 0 Å². The van der Waals surface area contributed by atoms with E-state index in [9.17, 15) is 4.79 Å². The van der Waals surface area contributed by atoms with Crippen LogP contribution >= 0.6 is 11.6 Å². The molecule has 0 aliphatic carbocycles. The third-order valence-electron chi connectivity index (χ3n) is 3.18. The fraction of sp³-hybridized carbons (Fsp3) is 0. The number of carbonyl (C=O) groups is 1. The minimum absolute atomic E-state index is 0.193. The number of furan rings is 1. The highest BCUT2D eigenvalue weighted by molar-refractivity contribution is 6.33. The predicted octanol–water partition coefficient (Wildman–Crippen LogP) is 4.43. The summed E-state index contributed by atoms with van der Waals surface area (Å²) in [6, 6.07) is 17.6. The van der Waals surface area contributed by atoms with Crippen LogP contribution in [0.15, 0.2) is 65.1 Å². The van der Waals surface area contributed by atoms with Crippen LogP contribution in [0, 0.1) is 0 Å². The minimum Gasteiger partial charge on any atom is -0.451 e. The van der Waals surface area contributed by atoms with Crippen LogP contribution in [0.4, 0.5) is 11.4 Å². The van der Waals surface area contributed by atoms with Crippen molar-refractivity contribution in [3.63, 3.8) is 0 Å². The monoisotopic (exact) mass is 312 g/mol. The number of nitrogen functional groups attached to an aromatic ring is 1. The van der Waals surface area contributed by atoms with E-state index in [2.05, 4.69) is 5.32 Å². The zero-order valence-corrected chi connectivity index (χ0v) is 12.3. The molecule has 3 aromatic rings. The highest BCUT2D eigenvalue weighted by Crippen LogP contribution is 2.29. The summed E-state index contributed by atoms with van der Waals surface area (Å²) in [5, 5.41) is 3.28. The number of carbonyl (C=O) groups excluding carboxylic acids is 1. The van der Waals surface area contributed by atoms with Crippen molar-refractivity contribution in [2.24, 2.45) is 0 Å². The topological polar surface area (TPSA) is 68.3 Å². The molecule has 0 spiro atoms. The second-order valence-electron chi connectivity index (χ2n) is 4.69. The molecule has 1 aromatic heterocycles. The normalized spacial score (nSPS) is 10.4. The molecule has 0 unspecified atom stereocenters. The van der Waals surface area contributed by atoms with Crippen molar-refractivity contribution < 1.29 is 9.21 Å². The second-order valence-corrected chi connectivity index (χ2v) is 5.09. The first-order valence-corrected chi connectivity index (χ1v) is 7.03. The van der Waals surface area contributed by atoms with Gasteiger partial charge in [-0.2, -0.15) is 0 Å². The lowest BCUT2D eigenvalue weighted by molar-refractivity contribution is 0.0997. The largest absolute Gasteiger partial charge is 0.451 e. The number of para-hydroxylation sites is 2. The Balaban J connectivity index is 1.84. The lowest BCUT2D eigenvalue weighted by Gasteiger charge is -2.06. The van der Waals surface area contributed by atoms with Crippen molar-refractivity contribution >= 4 is 28.9 Å². The van der Waals surface area contributed by atoms with Gasteiger partial charge in [0.1, 0.15) is 5.76 Å². The quantitative estimate of drug-likeness (QED) is 0.703. The van der Waals surface area contributed by atoms with E-state index in [4.69, 9.17) is 21.8 Å². The highest BCUT2D eigenvalue weighted by Gasteiger charge is 2.14. The molecule has 4 nitrogen and oxygen atoms in total. The summed E-state index contributed by atoms with van der Waals surface area (Å²) in [5.74, 6) is 0.367. The first-order valence-electron chi connectivity index (χ1n) is 6.66. The van der Waals surface area contributed by atoms with E-state index in [1.807, 2.05) is 18.2 Å². The molecule has 0 fully saturated rings. The van der Waals surface area contributed by atoms with E-state index in [0.29, 0.717) is 22.2 Å². The van der Waals surface area contributed by atoms with Gasteiger partial charge in [0.2, 0.25) is 0 Å². The molecule has 1 amide bonds. The van der Waals surface area contributed by atoms with Gasteiger partial charge in [0, 0.05) is 5.56 Å². The zero-order chi connectivity index (χ0) is 15.5. The van der Waals surface area contributed by atoms with Gasteiger partial charge in [-0.15, -0.1) is 0 Å². The van der Waals surface area contributed by atoms with E-state index in [1.165, 1.54) is 0 Å². The molecule has 0 aliphatic heterocycles. The Morgan fingerprint density at radius 2 is 1.73 bits per heavy atom. The van der Waals surface area contributed by atoms with E-state index in [1.54, 1.807) is 42.5 Å². The van der Waals surface area contributed by atoms with Crippen LogP contribution < -0.4 is 11.1 Å². The van der Waals surface area contributed by atoms with E-state index in [0.717, 1.165) is 5.56 Å². The summed E-state index contributed by atoms with van der Waals surface area (Å²) in [4.78, 5) is 12.2. The lowest BCUT2D eigenvalue weighted by Crippen LogP contribution is -2.12. The molecule has 110 valence electrons. The van der Waals surface area contributed by atoms with Crippen molar-refractivity contribution in [1.82, 2.24) is 0 Å². The lowest BCUT2D eigenvalue weighted by atomic mass is 10.2. The molecule has 0 saturated heterocycles. The molecule has 0 saturated carbocycles. The van der Waals surface area contributed by atoms with Gasteiger partial charge in [0.15, 0.2) is 5.76 Å². The summed E-state index contributed by atoms with van der Waals surface area (Å²) >= 11 is 6.12. The third kappa shape index (κ3) is 2.82. The predicted molar refractivity (Wildman–Crippen MR) is 88.0 cm³/mol. The van der Waals surface area contributed by atoms with Gasteiger partial charge >= 0.3 is 0 Å². The van der Waals surface area contributed by atoms with Crippen molar-refractivity contribution in [2.75, 3.05) is 11.1 Å². The third-order valence-corrected chi connectivity index (χ3v) is 3.51. The SMILES string of the molecule is Nc1ccccc1NC(=O)c1ccc(-c2ccccc2Cl)o1. The summed E-state index contributed by atoms with van der Waals surface area (Å²) in [6.45, 7) is 0. The van der Waals surface area contributed by atoms with Gasteiger partial charge in [0.05, 0.1) is 16.4 Å². The summed E-state index contributed by atoms with van der Waals surface area (Å²) < 4.78 is 5.59. The Kier molecular flexibility index (Phi) is 3.85. The molecule has 1 heterocycles. The van der Waals surface area contributed by atoms with Gasteiger partial charge in [-0.05, 0) is 36.4 Å². The number of rotatable bonds is 3. The first kappa shape index (κ1) is 14.2. The number of benzene rings is 2. The zero-order valence-electron chi connectivity index (χ0n) is 11.5. The molecule has 0 bridgehead atoms. The van der Waals surface area contributed by atoms with Crippen molar-refractivity contribution in [3.8, 4) is 11.3 Å². The molecule has 0 radical (unpaired) electrons. The number of hydrogen-bond donors (Lipinski definition) is 2. The molecule has 2 aromatic carbocycles. The van der Waals surface area contributed by atoms with Gasteiger partial charge in [0.25, 0.3) is 5.91 Å². The van der Waals surface area contributed by atoms with Gasteiger partial charge in [-0.25, -0.2) is 0 Å². The average Bonchev–Trinajstić information content (AvgIpc) is 3.00. The number of halogens is 1. The summed E-state index contributed by atoms with van der Waals surface area (Å²) in [5.41, 5.74) is 7.58. The summed E-state index contributed by atoms with van der Waals surface area (Å²) in [7, 11) is 0. The number of hydrogen-bond acceptors (Lipinski definition) is 3. The second kappa shape index (κ2) is 5.95. The van der Waals surface area contributed by atoms with Crippen LogP contribution in [0.1, 0.15) is 10.6 Å². The van der Waals surface area contributed by atoms with Gasteiger partial charge < -0.3 is 15.5 Å². The Morgan fingerprint density at radius 3 is 2.50 bits per heavy atom. The fourth-order valence-electron chi connectivity index (χ4n) is 2.06. The fourth-order valence-corrected chi connectivity index (χ4v) is 2.29. The molecule has 0 aliphatic rings. The Morgan fingerprint density at radius 1 is 1.00 bits per heavy atom. The van der Waals surface area contributed by atoms with Crippen LogP contribution in [0.5, 0.6) is 0 Å². The van der Waals surface area contributed by atoms with Gasteiger partial charge in [-0.3, -0.25) is 4.79 Å². The standard InChI is InChI=1S/C17H13ClN2O2/c18-12-6-2-1-5-11(12)15-9-10-16(22-15)17(21)20-14-8-4-3-7-13(14)19/h1-10H,19H2,(H,20,21). The van der Waals surface area contributed by atoms with Crippen molar-refractivity contribution in [1.29, 1.82) is 0 Å². The maximum Gasteiger partial charge on any atom is 0.291 e. The molecule has 22 heavy (non-hydrogen) atoms. The maximum atomic E-state index is 12.2. The Hall–Kier alpha value is -2.72. The maximum absolute atomic E-state index is 12.2. The van der Waals surface area contributed by atoms with Crippen molar-refractivity contribution in [3.05, 3.63) is 71.4 Å². The van der Waals surface area contributed by atoms with E-state index in [-0.39, 0.29) is 11.7 Å². The van der Waals surface area contributed by atoms with E-state index >= 15 is 0 Å². The summed E-state index contributed by atoms with van der Waals surface area (Å²) in [6.07, 6.45) is 0. The van der Waals surface area contributed by atoms with E-state index < -0.39 is 0 Å². The van der Waals surface area contributed by atoms with Gasteiger partial charge in [-0.1, -0.05) is 35.9 Å². The smallest absolute Gasteiger partial charge is 0.291 e. The molecule has 5 heteroatoms. The minimum atomic E-state index is -0.365. The highest BCUT2D eigenvalue weighted by atomic mass is 35.5. The van der Waals surface area contributed by atoms with Crippen LogP contribution in [0.25, 0.3) is 11.3 Å². The molecule has 3 N–H and O–H groups in total. The number of anilines is 2. The van der Waals surface area contributed by atoms with Crippen molar-refractivity contribution in [2.45, 2.75) is 0 Å². The Labute approximate surface area is 132 Å². The Bertz CT molecular complexity index is 827. The number of amides is 1. The van der Waals surface area contributed by atoms with Crippen LogP contribution in [-0.2, 0) is 0 Å². The number of nitrogens with one attached hydrogen (secondary N) is 1. The number of nitrogens with two attached hydrogens (primary N) is 1. The molecule has 3 rings (SSSR count). The van der Waals surface area contributed by atoms with Crippen LogP contribution in [-0.4, -0.2) is 5.91 Å². The first-order chi connectivity index (χ1) is 10.6. The van der Waals surface area contributed by atoms with Crippen LogP contribution in [0.2, 0.25) is 5.02 Å². The molecule has 0 atom stereocenters. The molecular weight excluding hydrogens is 300 g/mol. The molecular formula is C17H13ClN2O2. The average molecular weight is 313 g/mol.